The summed E-state index contributed by atoms with van der Waals surface area (Å²) in [4.78, 5) is 9.27. The zero-order valence-corrected chi connectivity index (χ0v) is 19.7. The van der Waals surface area contributed by atoms with Crippen LogP contribution in [0.1, 0.15) is 30.7 Å². The second kappa shape index (κ2) is 10.4. The van der Waals surface area contributed by atoms with Crippen LogP contribution in [0.15, 0.2) is 48.8 Å². The largest absolute Gasteiger partial charge is 0.493 e. The Morgan fingerprint density at radius 2 is 0.939 bits per heavy atom. The number of hydrogen-bond acceptors (Lipinski definition) is 6. The van der Waals surface area contributed by atoms with Gasteiger partial charge in [-0.1, -0.05) is 6.42 Å². The molecule has 0 atom stereocenters. The molecule has 0 aliphatic carbocycles. The van der Waals surface area contributed by atoms with Crippen LogP contribution < -0.4 is 18.9 Å². The third kappa shape index (κ3) is 4.80. The molecule has 0 aliphatic rings. The number of benzene rings is 2. The molecule has 0 aliphatic heterocycles. The normalized spacial score (nSPS) is 11.0. The fraction of sp³-hybridized carbons (Fsp3) is 0.333. The fourth-order valence-electron chi connectivity index (χ4n) is 4.28. The van der Waals surface area contributed by atoms with Crippen LogP contribution in [0, 0.1) is 0 Å². The Labute approximate surface area is 194 Å². The standard InChI is InChI=1S/C27H30N2O4/c1-30-24-14-18-10-12-28-22(20(18)16-26(24)32-3)8-6-5-7-9-23-21-17-27(33-4)25(31-2)15-19(21)11-13-29-23/h10-17H,5-9H2,1-4H3. The number of methoxy groups -OCH3 is 4. The van der Waals surface area contributed by atoms with Gasteiger partial charge in [-0.15, -0.1) is 0 Å². The number of ether oxygens (including phenoxy) is 4. The van der Waals surface area contributed by atoms with E-state index in [-0.39, 0.29) is 0 Å². The number of nitrogens with zero attached hydrogens (tertiary/aromatic N) is 2. The van der Waals surface area contributed by atoms with Crippen molar-refractivity contribution in [1.82, 2.24) is 9.97 Å². The lowest BCUT2D eigenvalue weighted by atomic mass is 10.0. The highest BCUT2D eigenvalue weighted by atomic mass is 16.5. The quantitative estimate of drug-likeness (QED) is 0.288. The molecule has 0 spiro atoms. The van der Waals surface area contributed by atoms with Crippen LogP contribution in [0.25, 0.3) is 21.5 Å². The predicted molar refractivity (Wildman–Crippen MR) is 131 cm³/mol. The fourth-order valence-corrected chi connectivity index (χ4v) is 4.28. The summed E-state index contributed by atoms with van der Waals surface area (Å²) in [7, 11) is 6.63. The number of unbranched alkanes of at least 4 members (excludes halogenated alkanes) is 2. The molecule has 6 nitrogen and oxygen atoms in total. The molecule has 0 unspecified atom stereocenters. The van der Waals surface area contributed by atoms with E-state index in [1.165, 1.54) is 0 Å². The van der Waals surface area contributed by atoms with Crippen molar-refractivity contribution in [3.63, 3.8) is 0 Å². The Morgan fingerprint density at radius 3 is 1.33 bits per heavy atom. The number of aryl methyl sites for hydroxylation is 2. The van der Waals surface area contributed by atoms with Crippen LogP contribution in [-0.4, -0.2) is 38.4 Å². The van der Waals surface area contributed by atoms with Gasteiger partial charge in [0.2, 0.25) is 0 Å². The highest BCUT2D eigenvalue weighted by Gasteiger charge is 2.11. The first-order valence-corrected chi connectivity index (χ1v) is 11.2. The van der Waals surface area contributed by atoms with Gasteiger partial charge in [-0.3, -0.25) is 9.97 Å². The minimum atomic E-state index is 0.730. The van der Waals surface area contributed by atoms with E-state index in [4.69, 9.17) is 18.9 Å². The van der Waals surface area contributed by atoms with Crippen LogP contribution in [-0.2, 0) is 12.8 Å². The van der Waals surface area contributed by atoms with Crippen LogP contribution in [0.5, 0.6) is 23.0 Å². The van der Waals surface area contributed by atoms with Crippen LogP contribution >= 0.6 is 0 Å². The molecule has 33 heavy (non-hydrogen) atoms. The molecule has 0 N–H and O–H groups in total. The Kier molecular flexibility index (Phi) is 7.13. The molecule has 0 bridgehead atoms. The smallest absolute Gasteiger partial charge is 0.161 e. The molecule has 0 saturated heterocycles. The maximum Gasteiger partial charge on any atom is 0.161 e. The second-order valence-corrected chi connectivity index (χ2v) is 7.93. The molecule has 0 amide bonds. The Hall–Kier alpha value is -3.54. The molecule has 0 fully saturated rings. The minimum Gasteiger partial charge on any atom is -0.493 e. The maximum absolute atomic E-state index is 5.48. The summed E-state index contributed by atoms with van der Waals surface area (Å²) >= 11 is 0. The van der Waals surface area contributed by atoms with Gasteiger partial charge in [-0.05, 0) is 72.9 Å². The van der Waals surface area contributed by atoms with E-state index in [1.54, 1.807) is 28.4 Å². The molecular weight excluding hydrogens is 416 g/mol. The zero-order chi connectivity index (χ0) is 23.2. The first-order valence-electron chi connectivity index (χ1n) is 11.2. The number of pyridine rings is 2. The third-order valence-corrected chi connectivity index (χ3v) is 6.03. The number of aromatic nitrogens is 2. The summed E-state index contributed by atoms with van der Waals surface area (Å²) in [6.07, 6.45) is 8.78. The monoisotopic (exact) mass is 446 g/mol. The van der Waals surface area contributed by atoms with E-state index >= 15 is 0 Å². The highest BCUT2D eigenvalue weighted by Crippen LogP contribution is 2.34. The first-order chi connectivity index (χ1) is 16.2. The molecule has 172 valence electrons. The van der Waals surface area contributed by atoms with Gasteiger partial charge in [-0.25, -0.2) is 0 Å². The highest BCUT2D eigenvalue weighted by molar-refractivity contribution is 5.88. The van der Waals surface area contributed by atoms with Crippen molar-refractivity contribution in [3.05, 3.63) is 60.2 Å². The van der Waals surface area contributed by atoms with Gasteiger partial charge in [0.15, 0.2) is 23.0 Å². The number of hydrogen-bond donors (Lipinski definition) is 0. The minimum absolute atomic E-state index is 0.730. The van der Waals surface area contributed by atoms with Gasteiger partial charge in [0, 0.05) is 34.6 Å². The molecule has 2 aromatic heterocycles. The van der Waals surface area contributed by atoms with E-state index in [1.807, 2.05) is 48.8 Å². The van der Waals surface area contributed by atoms with Crippen molar-refractivity contribution in [2.24, 2.45) is 0 Å². The predicted octanol–water partition coefficient (Wildman–Crippen LogP) is 5.77. The Morgan fingerprint density at radius 1 is 0.545 bits per heavy atom. The molecule has 6 heteroatoms. The van der Waals surface area contributed by atoms with E-state index in [2.05, 4.69) is 9.97 Å². The maximum atomic E-state index is 5.48. The van der Waals surface area contributed by atoms with Crippen molar-refractivity contribution in [2.75, 3.05) is 28.4 Å². The van der Waals surface area contributed by atoms with Crippen LogP contribution in [0.3, 0.4) is 0 Å². The van der Waals surface area contributed by atoms with Gasteiger partial charge in [-0.2, -0.15) is 0 Å². The molecule has 4 rings (SSSR count). The van der Waals surface area contributed by atoms with E-state index in [9.17, 15) is 0 Å². The average molecular weight is 447 g/mol. The average Bonchev–Trinajstić information content (AvgIpc) is 2.86. The molecule has 2 heterocycles. The summed E-state index contributed by atoms with van der Waals surface area (Å²) < 4.78 is 21.8. The first kappa shape index (κ1) is 22.6. The van der Waals surface area contributed by atoms with Gasteiger partial charge >= 0.3 is 0 Å². The summed E-state index contributed by atoms with van der Waals surface area (Å²) in [6, 6.07) is 12.1. The van der Waals surface area contributed by atoms with Crippen molar-refractivity contribution in [2.45, 2.75) is 32.1 Å². The van der Waals surface area contributed by atoms with Crippen molar-refractivity contribution in [3.8, 4) is 23.0 Å². The van der Waals surface area contributed by atoms with Crippen molar-refractivity contribution in [1.29, 1.82) is 0 Å². The summed E-state index contributed by atoms with van der Waals surface area (Å²) in [5, 5.41) is 4.46. The van der Waals surface area contributed by atoms with Gasteiger partial charge in [0.1, 0.15) is 0 Å². The van der Waals surface area contributed by atoms with Crippen LogP contribution in [0.2, 0.25) is 0 Å². The number of fused-ring (bicyclic) bond motifs is 2. The molecular formula is C27H30N2O4. The Balaban J connectivity index is 1.42. The summed E-state index contributed by atoms with van der Waals surface area (Å²) in [6.45, 7) is 0. The number of rotatable bonds is 10. The topological polar surface area (TPSA) is 62.7 Å². The molecule has 0 saturated carbocycles. The van der Waals surface area contributed by atoms with E-state index in [0.717, 1.165) is 88.0 Å². The van der Waals surface area contributed by atoms with Gasteiger partial charge in [0.25, 0.3) is 0 Å². The lowest BCUT2D eigenvalue weighted by Crippen LogP contribution is -1.97. The van der Waals surface area contributed by atoms with Gasteiger partial charge in [0.05, 0.1) is 28.4 Å². The van der Waals surface area contributed by atoms with Gasteiger partial charge < -0.3 is 18.9 Å². The molecule has 4 aromatic rings. The van der Waals surface area contributed by atoms with Crippen LogP contribution in [0.4, 0.5) is 0 Å². The Bertz CT molecular complexity index is 1160. The second-order valence-electron chi connectivity index (χ2n) is 7.93. The summed E-state index contributed by atoms with van der Waals surface area (Å²) in [5.41, 5.74) is 2.18. The molecule has 0 radical (unpaired) electrons. The van der Waals surface area contributed by atoms with Crippen molar-refractivity contribution < 1.29 is 18.9 Å². The molecule has 2 aromatic carbocycles. The summed E-state index contributed by atoms with van der Waals surface area (Å²) in [5.74, 6) is 2.93. The van der Waals surface area contributed by atoms with E-state index < -0.39 is 0 Å². The third-order valence-electron chi connectivity index (χ3n) is 6.03. The lowest BCUT2D eigenvalue weighted by molar-refractivity contribution is 0.356. The van der Waals surface area contributed by atoms with E-state index in [0.29, 0.717) is 0 Å². The van der Waals surface area contributed by atoms with Crippen molar-refractivity contribution >= 4 is 21.5 Å². The SMILES string of the molecule is COc1cc2ccnc(CCCCCc3nccc4cc(OC)c(OC)cc34)c2cc1OC. The zero-order valence-electron chi connectivity index (χ0n) is 19.7. The lowest BCUT2D eigenvalue weighted by Gasteiger charge is -2.12.